The van der Waals surface area contributed by atoms with Gasteiger partial charge < -0.3 is 66.8 Å². The number of rotatable bonds is 38. The molecule has 0 aliphatic rings. The van der Waals surface area contributed by atoms with E-state index >= 15 is 0 Å². The lowest BCUT2D eigenvalue weighted by Gasteiger charge is -2.10. The summed E-state index contributed by atoms with van der Waals surface area (Å²) in [5, 5.41) is 8.57. The second-order valence-electron chi connectivity index (χ2n) is 8.88. The minimum atomic E-state index is 0.0263. The molecule has 0 aliphatic carbocycles. The zero-order valence-electron chi connectivity index (χ0n) is 26.2. The van der Waals surface area contributed by atoms with Gasteiger partial charge in [0.1, 0.15) is 0 Å². The topological polar surface area (TPSA) is 134 Å². The molecule has 0 spiro atoms. The molecular weight excluding hydrogens is 558 g/mol. The van der Waals surface area contributed by atoms with E-state index in [0.717, 1.165) is 6.54 Å². The number of nitrogens with zero attached hydrogens (tertiary/aromatic N) is 1. The Morgan fingerprint density at radius 3 is 0.619 bits per heavy atom. The van der Waals surface area contributed by atoms with Crippen molar-refractivity contribution >= 4 is 0 Å². The van der Waals surface area contributed by atoms with Crippen molar-refractivity contribution in [3.8, 4) is 0 Å². The van der Waals surface area contributed by atoms with E-state index in [2.05, 4.69) is 4.90 Å². The summed E-state index contributed by atoms with van der Waals surface area (Å²) in [5.74, 6) is 0. The van der Waals surface area contributed by atoms with Crippen molar-refractivity contribution < 1.29 is 61.9 Å². The predicted octanol–water partition coefficient (Wildman–Crippen LogP) is -0.260. The van der Waals surface area contributed by atoms with Gasteiger partial charge in [-0.2, -0.15) is 0 Å². The van der Waals surface area contributed by atoms with Crippen LogP contribution in [0.4, 0.5) is 0 Å². The molecule has 14 heteroatoms. The highest BCUT2D eigenvalue weighted by molar-refractivity contribution is 4.41. The summed E-state index contributed by atoms with van der Waals surface area (Å²) in [6.45, 7) is 13.4. The predicted molar refractivity (Wildman–Crippen MR) is 155 cm³/mol. The third-order valence-corrected chi connectivity index (χ3v) is 5.01. The Kier molecular flexibility index (Phi) is 38.0. The van der Waals surface area contributed by atoms with Crippen LogP contribution in [0, 0.1) is 0 Å². The Morgan fingerprint density at radius 2 is 0.452 bits per heavy atom. The standard InChI is InChI=1S/C28H59NO13/c1-29(2)3-5-31-7-9-33-11-13-35-15-17-37-19-21-39-23-25-41-27-28-42-26-24-40-22-20-38-18-16-36-14-12-34-10-8-32-6-4-30/h30H,3-28H2,1-2H3. The fourth-order valence-electron chi connectivity index (χ4n) is 2.83. The van der Waals surface area contributed by atoms with Crippen LogP contribution in [0.3, 0.4) is 0 Å². The van der Waals surface area contributed by atoms with Crippen LogP contribution in [0.25, 0.3) is 0 Å². The number of likely N-dealkylation sites (N-methyl/N-ethyl adjacent to an activating group) is 1. The summed E-state index contributed by atoms with van der Waals surface area (Å²) in [6.07, 6.45) is 0. The van der Waals surface area contributed by atoms with Crippen molar-refractivity contribution in [2.75, 3.05) is 186 Å². The van der Waals surface area contributed by atoms with E-state index in [1.165, 1.54) is 0 Å². The van der Waals surface area contributed by atoms with Gasteiger partial charge in [-0.05, 0) is 14.1 Å². The molecule has 0 saturated carbocycles. The van der Waals surface area contributed by atoms with Gasteiger partial charge in [-0.3, -0.25) is 0 Å². The summed E-state index contributed by atoms with van der Waals surface area (Å²) in [4.78, 5) is 2.08. The first kappa shape index (κ1) is 41.4. The number of hydrogen-bond donors (Lipinski definition) is 1. The highest BCUT2D eigenvalue weighted by Gasteiger charge is 1.97. The first-order valence-electron chi connectivity index (χ1n) is 15.0. The normalized spacial score (nSPS) is 11.7. The van der Waals surface area contributed by atoms with Crippen molar-refractivity contribution in [1.82, 2.24) is 4.90 Å². The summed E-state index contributed by atoms with van der Waals surface area (Å²) in [7, 11) is 4.04. The molecule has 0 atom stereocenters. The van der Waals surface area contributed by atoms with Crippen LogP contribution in [0.1, 0.15) is 0 Å². The molecule has 0 unspecified atom stereocenters. The molecule has 0 bridgehead atoms. The van der Waals surface area contributed by atoms with Crippen LogP contribution in [-0.2, 0) is 56.8 Å². The third-order valence-electron chi connectivity index (χ3n) is 5.01. The van der Waals surface area contributed by atoms with Crippen molar-refractivity contribution in [1.29, 1.82) is 0 Å². The molecule has 0 radical (unpaired) electrons. The molecule has 0 aromatic rings. The molecular formula is C28H59NO13. The molecule has 0 fully saturated rings. The summed E-state index contributed by atoms with van der Waals surface area (Å²) in [6, 6.07) is 0. The molecule has 0 aliphatic heterocycles. The van der Waals surface area contributed by atoms with E-state index in [0.29, 0.717) is 159 Å². The second-order valence-corrected chi connectivity index (χ2v) is 8.88. The van der Waals surface area contributed by atoms with Crippen LogP contribution in [0.2, 0.25) is 0 Å². The van der Waals surface area contributed by atoms with Crippen LogP contribution in [0.5, 0.6) is 0 Å². The van der Waals surface area contributed by atoms with Crippen LogP contribution < -0.4 is 0 Å². The molecule has 0 saturated heterocycles. The molecule has 1 N–H and O–H groups in total. The Labute approximate surface area is 253 Å². The minimum Gasteiger partial charge on any atom is -0.394 e. The van der Waals surface area contributed by atoms with Gasteiger partial charge in [0.15, 0.2) is 0 Å². The number of hydrogen-bond acceptors (Lipinski definition) is 14. The molecule has 0 amide bonds. The number of ether oxygens (including phenoxy) is 12. The fraction of sp³-hybridized carbons (Fsp3) is 1.00. The van der Waals surface area contributed by atoms with Gasteiger partial charge in [0, 0.05) is 6.54 Å². The maximum Gasteiger partial charge on any atom is 0.0701 e. The van der Waals surface area contributed by atoms with Gasteiger partial charge in [-0.1, -0.05) is 0 Å². The minimum absolute atomic E-state index is 0.0263. The largest absolute Gasteiger partial charge is 0.394 e. The highest BCUT2D eigenvalue weighted by atomic mass is 16.6. The first-order chi connectivity index (χ1) is 20.8. The lowest BCUT2D eigenvalue weighted by Crippen LogP contribution is -2.19. The molecule has 254 valence electrons. The van der Waals surface area contributed by atoms with Crippen molar-refractivity contribution in [2.24, 2.45) is 0 Å². The van der Waals surface area contributed by atoms with E-state index in [-0.39, 0.29) is 6.61 Å². The van der Waals surface area contributed by atoms with Crippen LogP contribution in [-0.4, -0.2) is 196 Å². The average Bonchev–Trinajstić information content (AvgIpc) is 2.98. The zero-order valence-corrected chi connectivity index (χ0v) is 26.2. The Bertz CT molecular complexity index is 481. The fourth-order valence-corrected chi connectivity index (χ4v) is 2.83. The van der Waals surface area contributed by atoms with Crippen molar-refractivity contribution in [2.45, 2.75) is 0 Å². The van der Waals surface area contributed by atoms with Crippen molar-refractivity contribution in [3.05, 3.63) is 0 Å². The zero-order chi connectivity index (χ0) is 30.4. The van der Waals surface area contributed by atoms with Gasteiger partial charge in [-0.15, -0.1) is 0 Å². The highest BCUT2D eigenvalue weighted by Crippen LogP contribution is 1.87. The van der Waals surface area contributed by atoms with Crippen LogP contribution in [0.15, 0.2) is 0 Å². The Hall–Kier alpha value is -0.560. The maximum absolute atomic E-state index is 8.57. The average molecular weight is 618 g/mol. The Balaban J connectivity index is 3.03. The van der Waals surface area contributed by atoms with Gasteiger partial charge in [0.2, 0.25) is 0 Å². The molecule has 14 nitrogen and oxygen atoms in total. The van der Waals surface area contributed by atoms with Gasteiger partial charge in [-0.25, -0.2) is 0 Å². The van der Waals surface area contributed by atoms with Gasteiger partial charge in [0.05, 0.1) is 165 Å². The lowest BCUT2D eigenvalue weighted by atomic mass is 10.6. The monoisotopic (exact) mass is 617 g/mol. The smallest absolute Gasteiger partial charge is 0.0701 e. The van der Waals surface area contributed by atoms with E-state index in [1.807, 2.05) is 14.1 Å². The molecule has 0 aromatic heterocycles. The van der Waals surface area contributed by atoms with E-state index < -0.39 is 0 Å². The Morgan fingerprint density at radius 1 is 0.286 bits per heavy atom. The van der Waals surface area contributed by atoms with Crippen molar-refractivity contribution in [3.63, 3.8) is 0 Å². The van der Waals surface area contributed by atoms with Crippen LogP contribution >= 0.6 is 0 Å². The molecule has 42 heavy (non-hydrogen) atoms. The number of aliphatic hydroxyl groups is 1. The molecule has 0 heterocycles. The van der Waals surface area contributed by atoms with Gasteiger partial charge in [0.25, 0.3) is 0 Å². The quantitative estimate of drug-likeness (QED) is 0.0912. The molecule has 0 aromatic carbocycles. The van der Waals surface area contributed by atoms with E-state index in [4.69, 9.17) is 61.9 Å². The summed E-state index contributed by atoms with van der Waals surface area (Å²) >= 11 is 0. The summed E-state index contributed by atoms with van der Waals surface area (Å²) in [5.41, 5.74) is 0. The van der Waals surface area contributed by atoms with E-state index in [1.54, 1.807) is 0 Å². The number of aliphatic hydroxyl groups excluding tert-OH is 1. The SMILES string of the molecule is CN(C)CCOCCOCCOCCOCCOCCOCCOCCOCCOCCOCCOCCOCCO. The molecule has 0 rings (SSSR count). The third kappa shape index (κ3) is 39.4. The maximum atomic E-state index is 8.57. The summed E-state index contributed by atoms with van der Waals surface area (Å²) < 4.78 is 64.9. The lowest BCUT2D eigenvalue weighted by molar-refractivity contribution is -0.0286. The second kappa shape index (κ2) is 38.5. The van der Waals surface area contributed by atoms with E-state index in [9.17, 15) is 0 Å². The first-order valence-corrected chi connectivity index (χ1v) is 15.0. The van der Waals surface area contributed by atoms with Gasteiger partial charge >= 0.3 is 0 Å².